The Balaban J connectivity index is 3.63. The SMILES string of the molecule is CCCCCCCC(=O)NCC(C)(O)C(=O)O. The van der Waals surface area contributed by atoms with Gasteiger partial charge in [0.05, 0.1) is 6.54 Å². The standard InChI is InChI=1S/C12H23NO4/c1-3-4-5-6-7-8-10(14)13-9-12(2,17)11(15)16/h17H,3-9H2,1-2H3,(H,13,14)(H,15,16). The van der Waals surface area contributed by atoms with E-state index in [0.717, 1.165) is 32.6 Å². The van der Waals surface area contributed by atoms with Gasteiger partial charge in [0.25, 0.3) is 0 Å². The Morgan fingerprint density at radius 1 is 1.18 bits per heavy atom. The molecule has 17 heavy (non-hydrogen) atoms. The van der Waals surface area contributed by atoms with Crippen LogP contribution in [0.2, 0.25) is 0 Å². The zero-order chi connectivity index (χ0) is 13.3. The van der Waals surface area contributed by atoms with Crippen LogP contribution in [0.3, 0.4) is 0 Å². The number of nitrogens with one attached hydrogen (secondary N) is 1. The molecule has 0 aromatic heterocycles. The molecule has 0 aliphatic rings. The van der Waals surface area contributed by atoms with Crippen molar-refractivity contribution in [1.29, 1.82) is 0 Å². The topological polar surface area (TPSA) is 86.6 Å². The Morgan fingerprint density at radius 2 is 1.76 bits per heavy atom. The normalized spacial score (nSPS) is 14.1. The number of amides is 1. The Morgan fingerprint density at radius 3 is 2.29 bits per heavy atom. The average molecular weight is 245 g/mol. The number of aliphatic carboxylic acids is 1. The van der Waals surface area contributed by atoms with E-state index in [4.69, 9.17) is 5.11 Å². The van der Waals surface area contributed by atoms with Gasteiger partial charge in [-0.05, 0) is 13.3 Å². The van der Waals surface area contributed by atoms with Crippen LogP contribution in [0, 0.1) is 0 Å². The Bertz CT molecular complexity index is 251. The molecule has 1 unspecified atom stereocenters. The smallest absolute Gasteiger partial charge is 0.337 e. The third-order valence-corrected chi connectivity index (χ3v) is 2.60. The summed E-state index contributed by atoms with van der Waals surface area (Å²) in [6.45, 7) is 3.04. The summed E-state index contributed by atoms with van der Waals surface area (Å²) >= 11 is 0. The van der Waals surface area contributed by atoms with E-state index < -0.39 is 11.6 Å². The molecule has 0 radical (unpaired) electrons. The lowest BCUT2D eigenvalue weighted by atomic mass is 10.1. The Hall–Kier alpha value is -1.10. The zero-order valence-corrected chi connectivity index (χ0v) is 10.7. The maximum Gasteiger partial charge on any atom is 0.337 e. The van der Waals surface area contributed by atoms with Gasteiger partial charge < -0.3 is 15.5 Å². The highest BCUT2D eigenvalue weighted by Gasteiger charge is 2.29. The molecule has 0 aliphatic heterocycles. The summed E-state index contributed by atoms with van der Waals surface area (Å²) in [5, 5.41) is 20.4. The fourth-order valence-electron chi connectivity index (χ4n) is 1.32. The molecule has 1 amide bonds. The number of rotatable bonds is 9. The number of carbonyl (C=O) groups excluding carboxylic acids is 1. The number of carboxylic acid groups (broad SMARTS) is 1. The number of hydrogen-bond donors (Lipinski definition) is 3. The average Bonchev–Trinajstić information content (AvgIpc) is 2.26. The number of carboxylic acids is 1. The van der Waals surface area contributed by atoms with Gasteiger partial charge in [-0.2, -0.15) is 0 Å². The van der Waals surface area contributed by atoms with Crippen LogP contribution < -0.4 is 5.32 Å². The predicted molar refractivity (Wildman–Crippen MR) is 64.6 cm³/mol. The maximum absolute atomic E-state index is 11.3. The lowest BCUT2D eigenvalue weighted by molar-refractivity contribution is -0.156. The molecule has 0 rings (SSSR count). The molecular formula is C12H23NO4. The van der Waals surface area contributed by atoms with Crippen molar-refractivity contribution in [2.24, 2.45) is 0 Å². The van der Waals surface area contributed by atoms with Crippen LogP contribution in [0.1, 0.15) is 52.4 Å². The van der Waals surface area contributed by atoms with E-state index in [-0.39, 0.29) is 12.5 Å². The largest absolute Gasteiger partial charge is 0.479 e. The van der Waals surface area contributed by atoms with Gasteiger partial charge in [0.15, 0.2) is 5.60 Å². The molecular weight excluding hydrogens is 222 g/mol. The number of carbonyl (C=O) groups is 2. The first-order valence-electron chi connectivity index (χ1n) is 6.12. The second-order valence-electron chi connectivity index (χ2n) is 4.52. The van der Waals surface area contributed by atoms with Crippen LogP contribution in [0.25, 0.3) is 0 Å². The first-order chi connectivity index (χ1) is 7.90. The summed E-state index contributed by atoms with van der Waals surface area (Å²) in [5.74, 6) is -1.54. The maximum atomic E-state index is 11.3. The summed E-state index contributed by atoms with van der Waals surface area (Å²) in [4.78, 5) is 21.9. The van der Waals surface area contributed by atoms with Crippen LogP contribution in [0.5, 0.6) is 0 Å². The molecule has 3 N–H and O–H groups in total. The monoisotopic (exact) mass is 245 g/mol. The Kier molecular flexibility index (Phi) is 7.54. The van der Waals surface area contributed by atoms with E-state index in [9.17, 15) is 14.7 Å². The molecule has 0 saturated carbocycles. The molecule has 0 aromatic rings. The van der Waals surface area contributed by atoms with Gasteiger partial charge in [-0.1, -0.05) is 32.6 Å². The van der Waals surface area contributed by atoms with Gasteiger partial charge in [0, 0.05) is 6.42 Å². The van der Waals surface area contributed by atoms with E-state index in [0.29, 0.717) is 6.42 Å². The molecule has 0 aliphatic carbocycles. The molecule has 0 spiro atoms. The quantitative estimate of drug-likeness (QED) is 0.534. The number of aliphatic hydroxyl groups is 1. The summed E-state index contributed by atoms with van der Waals surface area (Å²) in [6.07, 6.45) is 5.66. The zero-order valence-electron chi connectivity index (χ0n) is 10.7. The molecule has 1 atom stereocenters. The van der Waals surface area contributed by atoms with Crippen LogP contribution in [-0.4, -0.2) is 34.2 Å². The van der Waals surface area contributed by atoms with Crippen molar-refractivity contribution in [2.75, 3.05) is 6.54 Å². The van der Waals surface area contributed by atoms with Crippen molar-refractivity contribution >= 4 is 11.9 Å². The highest BCUT2D eigenvalue weighted by atomic mass is 16.4. The summed E-state index contributed by atoms with van der Waals surface area (Å²) in [6, 6.07) is 0. The van der Waals surface area contributed by atoms with E-state index in [1.165, 1.54) is 6.42 Å². The highest BCUT2D eigenvalue weighted by molar-refractivity contribution is 5.80. The molecule has 0 bridgehead atoms. The number of hydrogen-bond acceptors (Lipinski definition) is 3. The van der Waals surface area contributed by atoms with Gasteiger partial charge >= 0.3 is 5.97 Å². The second-order valence-corrected chi connectivity index (χ2v) is 4.52. The Labute approximate surface area is 102 Å². The van der Waals surface area contributed by atoms with Crippen molar-refractivity contribution < 1.29 is 19.8 Å². The second kappa shape index (κ2) is 8.06. The minimum absolute atomic E-state index is 0.206. The van der Waals surface area contributed by atoms with Crippen molar-refractivity contribution in [3.05, 3.63) is 0 Å². The van der Waals surface area contributed by atoms with Gasteiger partial charge in [0.1, 0.15) is 0 Å². The van der Waals surface area contributed by atoms with Gasteiger partial charge in [-0.25, -0.2) is 4.79 Å². The van der Waals surface area contributed by atoms with Crippen molar-refractivity contribution in [1.82, 2.24) is 5.32 Å². The van der Waals surface area contributed by atoms with E-state index in [2.05, 4.69) is 12.2 Å². The summed E-state index contributed by atoms with van der Waals surface area (Å²) < 4.78 is 0. The molecule has 0 heterocycles. The van der Waals surface area contributed by atoms with Crippen LogP contribution in [0.15, 0.2) is 0 Å². The van der Waals surface area contributed by atoms with E-state index in [1.807, 2.05) is 0 Å². The molecule has 0 saturated heterocycles. The minimum atomic E-state index is -1.89. The molecule has 0 fully saturated rings. The van der Waals surface area contributed by atoms with Gasteiger partial charge in [0.2, 0.25) is 5.91 Å². The lowest BCUT2D eigenvalue weighted by Gasteiger charge is -2.18. The molecule has 5 nitrogen and oxygen atoms in total. The minimum Gasteiger partial charge on any atom is -0.479 e. The van der Waals surface area contributed by atoms with Crippen LogP contribution >= 0.6 is 0 Å². The van der Waals surface area contributed by atoms with E-state index in [1.54, 1.807) is 0 Å². The molecule has 5 heteroatoms. The van der Waals surface area contributed by atoms with Crippen molar-refractivity contribution in [2.45, 2.75) is 58.0 Å². The lowest BCUT2D eigenvalue weighted by Crippen LogP contribution is -2.46. The molecule has 0 aromatic carbocycles. The molecule has 100 valence electrons. The third-order valence-electron chi connectivity index (χ3n) is 2.60. The fraction of sp³-hybridized carbons (Fsp3) is 0.833. The first-order valence-corrected chi connectivity index (χ1v) is 6.12. The van der Waals surface area contributed by atoms with E-state index >= 15 is 0 Å². The predicted octanol–water partition coefficient (Wildman–Crippen LogP) is 1.30. The van der Waals surface area contributed by atoms with Crippen molar-refractivity contribution in [3.63, 3.8) is 0 Å². The fourth-order valence-corrected chi connectivity index (χ4v) is 1.32. The first kappa shape index (κ1) is 15.9. The highest BCUT2D eigenvalue weighted by Crippen LogP contribution is 2.05. The summed E-state index contributed by atoms with van der Waals surface area (Å²) in [7, 11) is 0. The van der Waals surface area contributed by atoms with Crippen LogP contribution in [0.4, 0.5) is 0 Å². The van der Waals surface area contributed by atoms with Crippen LogP contribution in [-0.2, 0) is 9.59 Å². The number of unbranched alkanes of at least 4 members (excludes halogenated alkanes) is 4. The summed E-state index contributed by atoms with van der Waals surface area (Å²) in [5.41, 5.74) is -1.89. The van der Waals surface area contributed by atoms with Crippen molar-refractivity contribution in [3.8, 4) is 0 Å². The third kappa shape index (κ3) is 7.74. The van der Waals surface area contributed by atoms with Gasteiger partial charge in [-0.15, -0.1) is 0 Å². The van der Waals surface area contributed by atoms with Gasteiger partial charge in [-0.3, -0.25) is 4.79 Å².